The van der Waals surface area contributed by atoms with E-state index in [2.05, 4.69) is 12.0 Å². The zero-order chi connectivity index (χ0) is 12.0. The number of aromatic nitrogens is 2. The van der Waals surface area contributed by atoms with Crippen LogP contribution in [0.25, 0.3) is 0 Å². The van der Waals surface area contributed by atoms with Crippen LogP contribution in [0.15, 0.2) is 6.20 Å². The van der Waals surface area contributed by atoms with Crippen LogP contribution < -0.4 is 0 Å². The number of hydrogen-bond acceptors (Lipinski definition) is 3. The summed E-state index contributed by atoms with van der Waals surface area (Å²) in [4.78, 5) is 10.9. The van der Waals surface area contributed by atoms with E-state index in [0.29, 0.717) is 12.2 Å². The number of rotatable bonds is 7. The van der Waals surface area contributed by atoms with Gasteiger partial charge in [-0.15, -0.1) is 0 Å². The van der Waals surface area contributed by atoms with Gasteiger partial charge >= 0.3 is 0 Å². The summed E-state index contributed by atoms with van der Waals surface area (Å²) >= 11 is 0. The molecule has 1 atom stereocenters. The van der Waals surface area contributed by atoms with Gasteiger partial charge in [0.05, 0.1) is 17.9 Å². The Balaban J connectivity index is 2.81. The Morgan fingerprint density at radius 3 is 2.94 bits per heavy atom. The third-order valence-corrected chi connectivity index (χ3v) is 2.57. The third kappa shape index (κ3) is 3.17. The van der Waals surface area contributed by atoms with Crippen molar-refractivity contribution in [3.63, 3.8) is 0 Å². The number of aryl methyl sites for hydroxylation is 1. The standard InChI is InChI=1S/C12H20N2O2/c1-4-5-6-14-7-11(8-15)12(13-14)10(2)9-16-3/h7-8,10H,4-6,9H2,1-3H3. The van der Waals surface area contributed by atoms with Gasteiger partial charge in [0.15, 0.2) is 6.29 Å². The van der Waals surface area contributed by atoms with Crippen LogP contribution in [0.1, 0.15) is 48.7 Å². The van der Waals surface area contributed by atoms with E-state index < -0.39 is 0 Å². The summed E-state index contributed by atoms with van der Waals surface area (Å²) in [5, 5.41) is 4.44. The van der Waals surface area contributed by atoms with Crippen LogP contribution in [0.2, 0.25) is 0 Å². The molecule has 16 heavy (non-hydrogen) atoms. The van der Waals surface area contributed by atoms with Crippen LogP contribution in [0.3, 0.4) is 0 Å². The lowest BCUT2D eigenvalue weighted by Crippen LogP contribution is -2.06. The fourth-order valence-electron chi connectivity index (χ4n) is 1.69. The molecule has 0 aromatic carbocycles. The van der Waals surface area contributed by atoms with Gasteiger partial charge in [-0.25, -0.2) is 0 Å². The minimum atomic E-state index is 0.160. The molecule has 0 aliphatic carbocycles. The molecule has 0 saturated heterocycles. The molecule has 0 amide bonds. The molecule has 0 saturated carbocycles. The number of aldehydes is 1. The molecule has 1 unspecified atom stereocenters. The highest BCUT2D eigenvalue weighted by Crippen LogP contribution is 2.17. The number of unbranched alkanes of at least 4 members (excludes halogenated alkanes) is 1. The maximum absolute atomic E-state index is 10.9. The van der Waals surface area contributed by atoms with Crippen molar-refractivity contribution < 1.29 is 9.53 Å². The largest absolute Gasteiger partial charge is 0.384 e. The average molecular weight is 224 g/mol. The molecule has 1 rings (SSSR count). The zero-order valence-electron chi connectivity index (χ0n) is 10.3. The van der Waals surface area contributed by atoms with Crippen molar-refractivity contribution in [3.05, 3.63) is 17.5 Å². The summed E-state index contributed by atoms with van der Waals surface area (Å²) in [6, 6.07) is 0. The highest BCUT2D eigenvalue weighted by Gasteiger charge is 2.15. The second-order valence-corrected chi connectivity index (χ2v) is 4.06. The van der Waals surface area contributed by atoms with Gasteiger partial charge in [0, 0.05) is 25.8 Å². The number of hydrogen-bond donors (Lipinski definition) is 0. The Kier molecular flexibility index (Phi) is 5.19. The van der Waals surface area contributed by atoms with Crippen molar-refractivity contribution in [1.82, 2.24) is 9.78 Å². The first kappa shape index (κ1) is 12.9. The molecule has 4 heteroatoms. The molecule has 0 fully saturated rings. The number of methoxy groups -OCH3 is 1. The number of carbonyl (C=O) groups is 1. The second kappa shape index (κ2) is 6.43. The van der Waals surface area contributed by atoms with E-state index in [-0.39, 0.29) is 5.92 Å². The Labute approximate surface area is 96.6 Å². The van der Waals surface area contributed by atoms with Gasteiger partial charge in [-0.3, -0.25) is 9.48 Å². The molecular weight excluding hydrogens is 204 g/mol. The number of nitrogens with zero attached hydrogens (tertiary/aromatic N) is 2. The smallest absolute Gasteiger partial charge is 0.153 e. The minimum Gasteiger partial charge on any atom is -0.384 e. The van der Waals surface area contributed by atoms with E-state index in [1.807, 2.05) is 17.8 Å². The monoisotopic (exact) mass is 224 g/mol. The van der Waals surface area contributed by atoms with Crippen LogP contribution in [-0.4, -0.2) is 29.8 Å². The highest BCUT2D eigenvalue weighted by atomic mass is 16.5. The van der Waals surface area contributed by atoms with Crippen molar-refractivity contribution in [2.75, 3.05) is 13.7 Å². The maximum atomic E-state index is 10.9. The van der Waals surface area contributed by atoms with E-state index >= 15 is 0 Å². The normalized spacial score (nSPS) is 12.7. The number of carbonyl (C=O) groups excluding carboxylic acids is 1. The SMILES string of the molecule is CCCCn1cc(C=O)c(C(C)COC)n1. The summed E-state index contributed by atoms with van der Waals surface area (Å²) < 4.78 is 6.94. The summed E-state index contributed by atoms with van der Waals surface area (Å²) in [5.41, 5.74) is 1.52. The Morgan fingerprint density at radius 2 is 2.38 bits per heavy atom. The lowest BCUT2D eigenvalue weighted by molar-refractivity contribution is 0.112. The Hall–Kier alpha value is -1.16. The van der Waals surface area contributed by atoms with Crippen LogP contribution in [0, 0.1) is 0 Å². The fourth-order valence-corrected chi connectivity index (χ4v) is 1.69. The van der Waals surface area contributed by atoms with E-state index in [1.54, 1.807) is 7.11 Å². The summed E-state index contributed by atoms with van der Waals surface area (Å²) in [5.74, 6) is 0.160. The van der Waals surface area contributed by atoms with E-state index in [1.165, 1.54) is 0 Å². The van der Waals surface area contributed by atoms with Gasteiger partial charge in [0.1, 0.15) is 0 Å². The summed E-state index contributed by atoms with van der Waals surface area (Å²) in [6.45, 7) is 5.62. The van der Waals surface area contributed by atoms with Crippen molar-refractivity contribution in [1.29, 1.82) is 0 Å². The molecule has 1 aromatic heterocycles. The zero-order valence-corrected chi connectivity index (χ0v) is 10.3. The Morgan fingerprint density at radius 1 is 1.62 bits per heavy atom. The molecule has 0 spiro atoms. The molecule has 1 aromatic rings. The van der Waals surface area contributed by atoms with Crippen LogP contribution >= 0.6 is 0 Å². The lowest BCUT2D eigenvalue weighted by atomic mass is 10.1. The van der Waals surface area contributed by atoms with Crippen molar-refractivity contribution >= 4 is 6.29 Å². The summed E-state index contributed by atoms with van der Waals surface area (Å²) in [7, 11) is 1.66. The molecule has 0 aliphatic rings. The number of ether oxygens (including phenoxy) is 1. The first-order valence-electron chi connectivity index (χ1n) is 5.74. The van der Waals surface area contributed by atoms with Gasteiger partial charge in [-0.1, -0.05) is 20.3 Å². The highest BCUT2D eigenvalue weighted by molar-refractivity contribution is 5.76. The van der Waals surface area contributed by atoms with Crippen molar-refractivity contribution in [2.24, 2.45) is 0 Å². The molecule has 0 aliphatic heterocycles. The molecule has 90 valence electrons. The predicted molar refractivity (Wildman–Crippen MR) is 62.8 cm³/mol. The minimum absolute atomic E-state index is 0.160. The van der Waals surface area contributed by atoms with Gasteiger partial charge in [0.25, 0.3) is 0 Å². The van der Waals surface area contributed by atoms with Crippen molar-refractivity contribution in [2.45, 2.75) is 39.2 Å². The second-order valence-electron chi connectivity index (χ2n) is 4.06. The van der Waals surface area contributed by atoms with E-state index in [0.717, 1.165) is 31.4 Å². The first-order chi connectivity index (χ1) is 7.72. The van der Waals surface area contributed by atoms with Crippen LogP contribution in [0.5, 0.6) is 0 Å². The predicted octanol–water partition coefficient (Wildman–Crippen LogP) is 2.25. The molecule has 0 N–H and O–H groups in total. The third-order valence-electron chi connectivity index (χ3n) is 2.57. The van der Waals surface area contributed by atoms with Crippen LogP contribution in [0.4, 0.5) is 0 Å². The molecule has 1 heterocycles. The maximum Gasteiger partial charge on any atom is 0.153 e. The van der Waals surface area contributed by atoms with Gasteiger partial charge in [0.2, 0.25) is 0 Å². The van der Waals surface area contributed by atoms with Gasteiger partial charge < -0.3 is 4.74 Å². The quantitative estimate of drug-likeness (QED) is 0.667. The van der Waals surface area contributed by atoms with Crippen molar-refractivity contribution in [3.8, 4) is 0 Å². The fraction of sp³-hybridized carbons (Fsp3) is 0.667. The Bertz CT molecular complexity index is 334. The molecule has 0 bridgehead atoms. The average Bonchev–Trinajstić information content (AvgIpc) is 2.70. The van der Waals surface area contributed by atoms with Crippen LogP contribution in [-0.2, 0) is 11.3 Å². The summed E-state index contributed by atoms with van der Waals surface area (Å²) in [6.07, 6.45) is 4.90. The van der Waals surface area contributed by atoms with E-state index in [9.17, 15) is 4.79 Å². The molecule has 4 nitrogen and oxygen atoms in total. The van der Waals surface area contributed by atoms with E-state index in [4.69, 9.17) is 4.74 Å². The van der Waals surface area contributed by atoms with Gasteiger partial charge in [-0.05, 0) is 6.42 Å². The molecule has 0 radical (unpaired) electrons. The molecular formula is C12H20N2O2. The topological polar surface area (TPSA) is 44.1 Å². The first-order valence-corrected chi connectivity index (χ1v) is 5.74. The lowest BCUT2D eigenvalue weighted by Gasteiger charge is -2.07. The van der Waals surface area contributed by atoms with Gasteiger partial charge in [-0.2, -0.15) is 5.10 Å².